The summed E-state index contributed by atoms with van der Waals surface area (Å²) < 4.78 is 27.2. The molecular formula is C16H21NO3S. The second-order valence-corrected chi connectivity index (χ2v) is 7.49. The van der Waals surface area contributed by atoms with Crippen molar-refractivity contribution in [2.24, 2.45) is 5.92 Å². The van der Waals surface area contributed by atoms with Gasteiger partial charge in [-0.15, -0.1) is 0 Å². The quantitative estimate of drug-likeness (QED) is 0.845. The van der Waals surface area contributed by atoms with Gasteiger partial charge in [-0.05, 0) is 50.8 Å². The van der Waals surface area contributed by atoms with Gasteiger partial charge >= 0.3 is 0 Å². The predicted octanol–water partition coefficient (Wildman–Crippen LogP) is 1.84. The van der Waals surface area contributed by atoms with Crippen LogP contribution in [0.4, 0.5) is 0 Å². The Hall–Kier alpha value is -1.35. The van der Waals surface area contributed by atoms with Crippen molar-refractivity contribution in [1.29, 1.82) is 0 Å². The Bertz CT molecular complexity index is 652. The standard InChI is InChI=1S/C16H21NO3S/c1-13(2)17(12-15-8-9-15)21(19,20)16-7-3-5-14(11-16)6-4-10-18/h3,5,7,11,13,15,18H,8-10,12H2,1-2H3. The first-order valence-corrected chi connectivity index (χ1v) is 8.61. The number of hydrogen-bond acceptors (Lipinski definition) is 3. The molecule has 0 amide bonds. The fourth-order valence-electron chi connectivity index (χ4n) is 2.15. The normalized spacial score (nSPS) is 15.1. The van der Waals surface area contributed by atoms with Gasteiger partial charge in [0, 0.05) is 18.2 Å². The molecule has 2 rings (SSSR count). The maximum Gasteiger partial charge on any atom is 0.243 e. The van der Waals surface area contributed by atoms with E-state index in [-0.39, 0.29) is 17.5 Å². The number of aliphatic hydroxyl groups excluding tert-OH is 1. The zero-order valence-corrected chi connectivity index (χ0v) is 13.2. The highest BCUT2D eigenvalue weighted by Crippen LogP contribution is 2.32. The smallest absolute Gasteiger partial charge is 0.243 e. The fourth-order valence-corrected chi connectivity index (χ4v) is 3.91. The van der Waals surface area contributed by atoms with Crippen LogP contribution < -0.4 is 0 Å². The predicted molar refractivity (Wildman–Crippen MR) is 82.2 cm³/mol. The Morgan fingerprint density at radius 1 is 1.38 bits per heavy atom. The van der Waals surface area contributed by atoms with Crippen molar-refractivity contribution in [2.45, 2.75) is 37.6 Å². The third-order valence-electron chi connectivity index (χ3n) is 3.46. The van der Waals surface area contributed by atoms with Crippen molar-refractivity contribution in [3.05, 3.63) is 29.8 Å². The molecule has 4 nitrogen and oxygen atoms in total. The molecule has 0 spiro atoms. The average molecular weight is 307 g/mol. The van der Waals surface area contributed by atoms with Crippen LogP contribution in [0.5, 0.6) is 0 Å². The molecule has 21 heavy (non-hydrogen) atoms. The number of rotatable bonds is 5. The zero-order valence-electron chi connectivity index (χ0n) is 12.4. The lowest BCUT2D eigenvalue weighted by molar-refractivity contribution is 0.341. The van der Waals surface area contributed by atoms with Crippen LogP contribution in [0.1, 0.15) is 32.3 Å². The minimum absolute atomic E-state index is 0.0669. The van der Waals surface area contributed by atoms with Crippen LogP contribution >= 0.6 is 0 Å². The van der Waals surface area contributed by atoms with Crippen molar-refractivity contribution in [2.75, 3.05) is 13.2 Å². The van der Waals surface area contributed by atoms with Crippen molar-refractivity contribution in [1.82, 2.24) is 4.31 Å². The summed E-state index contributed by atoms with van der Waals surface area (Å²) in [4.78, 5) is 0.265. The van der Waals surface area contributed by atoms with Gasteiger partial charge in [0.2, 0.25) is 10.0 Å². The summed E-state index contributed by atoms with van der Waals surface area (Å²) in [6.07, 6.45) is 2.22. The molecule has 5 heteroatoms. The van der Waals surface area contributed by atoms with Crippen LogP contribution in [0, 0.1) is 17.8 Å². The van der Waals surface area contributed by atoms with E-state index in [1.807, 2.05) is 13.8 Å². The number of sulfonamides is 1. The molecular weight excluding hydrogens is 286 g/mol. The Morgan fingerprint density at radius 2 is 2.10 bits per heavy atom. The lowest BCUT2D eigenvalue weighted by atomic mass is 10.2. The summed E-state index contributed by atoms with van der Waals surface area (Å²) >= 11 is 0. The minimum Gasteiger partial charge on any atom is -0.384 e. The second kappa shape index (κ2) is 6.61. The van der Waals surface area contributed by atoms with Gasteiger partial charge in [0.1, 0.15) is 6.61 Å². The van der Waals surface area contributed by atoms with Gasteiger partial charge in [0.15, 0.2) is 0 Å². The maximum absolute atomic E-state index is 12.8. The van der Waals surface area contributed by atoms with E-state index in [2.05, 4.69) is 11.8 Å². The molecule has 0 unspecified atom stereocenters. The van der Waals surface area contributed by atoms with E-state index in [1.165, 1.54) is 0 Å². The third-order valence-corrected chi connectivity index (χ3v) is 5.50. The van der Waals surface area contributed by atoms with Gasteiger partial charge < -0.3 is 5.11 Å². The Kier molecular flexibility index (Phi) is 5.04. The molecule has 1 N–H and O–H groups in total. The molecule has 114 valence electrons. The van der Waals surface area contributed by atoms with Gasteiger partial charge in [0.05, 0.1) is 4.90 Å². The van der Waals surface area contributed by atoms with E-state index in [1.54, 1.807) is 28.6 Å². The maximum atomic E-state index is 12.8. The molecule has 0 aliphatic heterocycles. The molecule has 0 heterocycles. The van der Waals surface area contributed by atoms with Crippen LogP contribution in [0.2, 0.25) is 0 Å². The van der Waals surface area contributed by atoms with E-state index in [9.17, 15) is 8.42 Å². The molecule has 1 aromatic rings. The first-order chi connectivity index (χ1) is 9.95. The topological polar surface area (TPSA) is 57.6 Å². The van der Waals surface area contributed by atoms with E-state index in [0.717, 1.165) is 12.8 Å². The van der Waals surface area contributed by atoms with Crippen molar-refractivity contribution in [3.8, 4) is 11.8 Å². The summed E-state index contributed by atoms with van der Waals surface area (Å²) in [5.74, 6) is 5.78. The first-order valence-electron chi connectivity index (χ1n) is 7.17. The summed E-state index contributed by atoms with van der Waals surface area (Å²) in [6, 6.07) is 6.52. The lowest BCUT2D eigenvalue weighted by Crippen LogP contribution is -2.38. The highest BCUT2D eigenvalue weighted by atomic mass is 32.2. The Balaban J connectivity index is 2.32. The van der Waals surface area contributed by atoms with E-state index < -0.39 is 10.0 Å². The average Bonchev–Trinajstić information content (AvgIpc) is 3.26. The fraction of sp³-hybridized carbons (Fsp3) is 0.500. The molecule has 0 bridgehead atoms. The van der Waals surface area contributed by atoms with Gasteiger partial charge in [-0.3, -0.25) is 0 Å². The van der Waals surface area contributed by atoms with E-state index in [0.29, 0.717) is 18.0 Å². The molecule has 1 saturated carbocycles. The van der Waals surface area contributed by atoms with Crippen molar-refractivity contribution < 1.29 is 13.5 Å². The number of benzene rings is 1. The first kappa shape index (κ1) is 16.0. The van der Waals surface area contributed by atoms with Gasteiger partial charge in [-0.2, -0.15) is 4.31 Å². The van der Waals surface area contributed by atoms with Crippen LogP contribution in [0.25, 0.3) is 0 Å². The van der Waals surface area contributed by atoms with Crippen LogP contribution in [-0.4, -0.2) is 37.0 Å². The van der Waals surface area contributed by atoms with E-state index in [4.69, 9.17) is 5.11 Å². The lowest BCUT2D eigenvalue weighted by Gasteiger charge is -2.26. The highest BCUT2D eigenvalue weighted by Gasteiger charge is 2.33. The summed E-state index contributed by atoms with van der Waals surface area (Å²) in [5, 5.41) is 8.72. The molecule has 1 aliphatic carbocycles. The van der Waals surface area contributed by atoms with Crippen LogP contribution in [-0.2, 0) is 10.0 Å². The molecule has 0 aromatic heterocycles. The Labute approximate surface area is 126 Å². The van der Waals surface area contributed by atoms with Crippen molar-refractivity contribution in [3.63, 3.8) is 0 Å². The Morgan fingerprint density at radius 3 is 2.67 bits per heavy atom. The summed E-state index contributed by atoms with van der Waals surface area (Å²) in [5.41, 5.74) is 0.597. The minimum atomic E-state index is -3.50. The molecule has 1 fully saturated rings. The largest absolute Gasteiger partial charge is 0.384 e. The SMILES string of the molecule is CC(C)N(CC1CC1)S(=O)(=O)c1cccc(C#CCO)c1. The molecule has 1 aromatic carbocycles. The zero-order chi connectivity index (χ0) is 15.5. The van der Waals surface area contributed by atoms with E-state index >= 15 is 0 Å². The second-order valence-electron chi connectivity index (χ2n) is 5.60. The monoisotopic (exact) mass is 307 g/mol. The molecule has 0 atom stereocenters. The molecule has 1 aliphatic rings. The van der Waals surface area contributed by atoms with Gasteiger partial charge in [-0.25, -0.2) is 8.42 Å². The molecule has 0 radical (unpaired) electrons. The summed E-state index contributed by atoms with van der Waals surface area (Å²) in [7, 11) is -3.50. The number of hydrogen-bond donors (Lipinski definition) is 1. The third kappa shape index (κ3) is 4.07. The van der Waals surface area contributed by atoms with Gasteiger partial charge in [0.25, 0.3) is 0 Å². The van der Waals surface area contributed by atoms with Crippen LogP contribution in [0.15, 0.2) is 29.2 Å². The number of aliphatic hydroxyl groups is 1. The summed E-state index contributed by atoms with van der Waals surface area (Å²) in [6.45, 7) is 4.15. The highest BCUT2D eigenvalue weighted by molar-refractivity contribution is 7.89. The van der Waals surface area contributed by atoms with Crippen LogP contribution in [0.3, 0.4) is 0 Å². The molecule has 0 saturated heterocycles. The van der Waals surface area contributed by atoms with Gasteiger partial charge in [-0.1, -0.05) is 17.9 Å². The van der Waals surface area contributed by atoms with Crippen molar-refractivity contribution >= 4 is 10.0 Å². The number of nitrogens with zero attached hydrogens (tertiary/aromatic N) is 1.